The summed E-state index contributed by atoms with van der Waals surface area (Å²) in [4.78, 5) is 13.3. The summed E-state index contributed by atoms with van der Waals surface area (Å²) in [6.07, 6.45) is 40.2. The minimum absolute atomic E-state index is 0.185. The van der Waals surface area contributed by atoms with Crippen LogP contribution in [0.4, 0.5) is 0 Å². The molecule has 12 N–H and O–H groups in total. The van der Waals surface area contributed by atoms with Crippen LogP contribution >= 0.6 is 0 Å². The molecule has 3 aliphatic heterocycles. The maximum absolute atomic E-state index is 13.3. The van der Waals surface area contributed by atoms with Gasteiger partial charge in [-0.05, 0) is 103 Å². The van der Waals surface area contributed by atoms with Gasteiger partial charge in [0.1, 0.15) is 73.2 Å². The van der Waals surface area contributed by atoms with Crippen LogP contribution in [0.5, 0.6) is 0 Å². The van der Waals surface area contributed by atoms with E-state index in [0.717, 1.165) is 96.3 Å². The fraction of sp³-hybridized carbons (Fsp3) is 0.662. The number of ether oxygens (including phenoxy) is 6. The van der Waals surface area contributed by atoms with Gasteiger partial charge in [0.15, 0.2) is 18.9 Å². The quantitative estimate of drug-likeness (QED) is 0.0215. The number of carbonyl (C=O) groups excluding carboxylic acids is 1. The van der Waals surface area contributed by atoms with E-state index in [1.807, 2.05) is 6.08 Å². The second kappa shape index (κ2) is 48.7. The topological polar surface area (TPSA) is 307 Å². The number of hydrogen-bond acceptors (Lipinski definition) is 18. The molecule has 0 radical (unpaired) electrons. The lowest BCUT2D eigenvalue weighted by molar-refractivity contribution is -0.379. The summed E-state index contributed by atoms with van der Waals surface area (Å²) in [7, 11) is 0. The largest absolute Gasteiger partial charge is 0.394 e. The lowest BCUT2D eigenvalue weighted by Crippen LogP contribution is -2.66. The molecule has 3 fully saturated rings. The van der Waals surface area contributed by atoms with E-state index in [1.54, 1.807) is 6.08 Å². The van der Waals surface area contributed by atoms with Crippen LogP contribution in [0.3, 0.4) is 0 Å². The van der Waals surface area contributed by atoms with Crippen LogP contribution in [0.1, 0.15) is 155 Å². The molecule has 0 saturated carbocycles. The average molecular weight is 1230 g/mol. The smallest absolute Gasteiger partial charge is 0.220 e. The first-order valence-electron chi connectivity index (χ1n) is 31.9. The summed E-state index contributed by atoms with van der Waals surface area (Å²) in [6.45, 7) is 1.49. The zero-order valence-electron chi connectivity index (χ0n) is 51.7. The molecular formula is C68H109NO18. The first kappa shape index (κ1) is 77.2. The van der Waals surface area contributed by atoms with Gasteiger partial charge in [0, 0.05) is 6.42 Å². The van der Waals surface area contributed by atoms with Gasteiger partial charge in [0.25, 0.3) is 0 Å². The maximum Gasteiger partial charge on any atom is 0.220 e. The Morgan fingerprint density at radius 3 is 1.28 bits per heavy atom. The van der Waals surface area contributed by atoms with Crippen molar-refractivity contribution < 1.29 is 89.4 Å². The van der Waals surface area contributed by atoms with Gasteiger partial charge in [-0.1, -0.05) is 180 Å². The third-order valence-electron chi connectivity index (χ3n) is 14.9. The van der Waals surface area contributed by atoms with E-state index in [-0.39, 0.29) is 12.3 Å². The minimum atomic E-state index is -1.99. The van der Waals surface area contributed by atoms with Gasteiger partial charge in [-0.15, -0.1) is 0 Å². The molecule has 3 aliphatic rings. The highest BCUT2D eigenvalue weighted by Crippen LogP contribution is 2.33. The minimum Gasteiger partial charge on any atom is -0.394 e. The number of unbranched alkanes of at least 4 members (excludes halogenated alkanes) is 9. The number of carbonyl (C=O) groups is 1. The fourth-order valence-corrected chi connectivity index (χ4v) is 9.72. The van der Waals surface area contributed by atoms with Crippen LogP contribution in [0.25, 0.3) is 0 Å². The molecule has 0 aliphatic carbocycles. The highest BCUT2D eigenvalue weighted by molar-refractivity contribution is 5.76. The molecule has 0 aromatic rings. The number of allylic oxidation sites excluding steroid dienone is 21. The van der Waals surface area contributed by atoms with Crippen molar-refractivity contribution in [2.24, 2.45) is 0 Å². The molecule has 87 heavy (non-hydrogen) atoms. The van der Waals surface area contributed by atoms with Crippen molar-refractivity contribution in [1.82, 2.24) is 5.32 Å². The summed E-state index contributed by atoms with van der Waals surface area (Å²) in [5.74, 6) is -0.327. The van der Waals surface area contributed by atoms with Crippen molar-refractivity contribution >= 4 is 5.91 Å². The molecule has 494 valence electrons. The van der Waals surface area contributed by atoms with E-state index in [4.69, 9.17) is 28.4 Å². The van der Waals surface area contributed by atoms with Crippen molar-refractivity contribution in [1.29, 1.82) is 0 Å². The van der Waals surface area contributed by atoms with Crippen molar-refractivity contribution in [3.05, 3.63) is 134 Å². The molecule has 1 amide bonds. The van der Waals surface area contributed by atoms with Crippen molar-refractivity contribution in [3.8, 4) is 0 Å². The molecule has 19 nitrogen and oxygen atoms in total. The third-order valence-corrected chi connectivity index (χ3v) is 14.9. The standard InChI is InChI=1S/C68H109NO18/c1-3-5-7-9-11-13-15-16-17-18-19-20-21-22-23-24-25-26-27-28-29-30-31-32-33-34-36-38-40-42-44-46-56(74)69-51(52(73)45-43-41-39-37-35-14-12-10-8-6-4-2)50-82-66-62(80)59(77)64(54(48-71)84-66)87-68-63(81)60(78)65(55(49-72)85-68)86-67-61(79)58(76)57(75)53(47-70)83-67/h5,7,11,13,16-17,19-20,22-23,25-26,28-29,31-32,34-37,43,45,51-55,57-68,70-73,75-81H,3-4,6,8-10,12,14-15,18,21,24,27,30,33,38-42,44,46-50H2,1-2H3,(H,69,74)/b7-5-,13-11-,17-16-,20-19-,23-22-,26-25-,29-28-,32-31-,36-34-,37-35+,45-43+. The van der Waals surface area contributed by atoms with E-state index in [2.05, 4.69) is 141 Å². The van der Waals surface area contributed by atoms with Gasteiger partial charge >= 0.3 is 0 Å². The maximum atomic E-state index is 13.3. The Labute approximate surface area is 518 Å². The van der Waals surface area contributed by atoms with E-state index in [1.165, 1.54) is 25.7 Å². The van der Waals surface area contributed by atoms with Crippen LogP contribution < -0.4 is 5.32 Å². The summed E-state index contributed by atoms with van der Waals surface area (Å²) in [6, 6.07) is -1.02. The van der Waals surface area contributed by atoms with Crippen LogP contribution in [0.15, 0.2) is 134 Å². The van der Waals surface area contributed by atoms with E-state index in [0.29, 0.717) is 12.8 Å². The van der Waals surface area contributed by atoms with Crippen molar-refractivity contribution in [3.63, 3.8) is 0 Å². The molecule has 0 aromatic heterocycles. The number of nitrogens with one attached hydrogen (secondary N) is 1. The van der Waals surface area contributed by atoms with Gasteiger partial charge in [-0.3, -0.25) is 4.79 Å². The Morgan fingerprint density at radius 2 is 0.805 bits per heavy atom. The summed E-state index contributed by atoms with van der Waals surface area (Å²) in [5.41, 5.74) is 0. The average Bonchev–Trinajstić information content (AvgIpc) is 3.71. The van der Waals surface area contributed by atoms with Gasteiger partial charge in [-0.25, -0.2) is 0 Å². The molecule has 19 heteroatoms. The molecule has 0 bridgehead atoms. The first-order chi connectivity index (χ1) is 42.3. The monoisotopic (exact) mass is 1230 g/mol. The molecule has 3 rings (SSSR count). The van der Waals surface area contributed by atoms with Gasteiger partial charge in [0.2, 0.25) is 5.91 Å². The molecule has 0 aromatic carbocycles. The van der Waals surface area contributed by atoms with E-state index >= 15 is 0 Å². The number of rotatable bonds is 45. The fourth-order valence-electron chi connectivity index (χ4n) is 9.72. The van der Waals surface area contributed by atoms with Gasteiger partial charge < -0.3 is 89.9 Å². The predicted molar refractivity (Wildman–Crippen MR) is 336 cm³/mol. The number of aliphatic hydroxyl groups is 11. The lowest BCUT2D eigenvalue weighted by Gasteiger charge is -2.48. The van der Waals surface area contributed by atoms with E-state index < -0.39 is 131 Å². The Kier molecular flexibility index (Phi) is 43.2. The summed E-state index contributed by atoms with van der Waals surface area (Å²) >= 11 is 0. The van der Waals surface area contributed by atoms with Crippen LogP contribution in [0.2, 0.25) is 0 Å². The zero-order valence-corrected chi connectivity index (χ0v) is 51.7. The number of hydrogen-bond donors (Lipinski definition) is 12. The van der Waals surface area contributed by atoms with Crippen molar-refractivity contribution in [2.45, 2.75) is 259 Å². The highest BCUT2D eigenvalue weighted by atomic mass is 16.8. The lowest BCUT2D eigenvalue weighted by atomic mass is 9.96. The Balaban J connectivity index is 1.43. The van der Waals surface area contributed by atoms with Gasteiger partial charge in [-0.2, -0.15) is 0 Å². The molecule has 3 heterocycles. The first-order valence-corrected chi connectivity index (χ1v) is 31.9. The van der Waals surface area contributed by atoms with Crippen LogP contribution in [0, 0.1) is 0 Å². The Hall–Kier alpha value is -4.07. The normalized spacial score (nSPS) is 29.5. The molecule has 3 saturated heterocycles. The summed E-state index contributed by atoms with van der Waals surface area (Å²) in [5, 5.41) is 120. The number of amides is 1. The SMILES string of the molecule is CC/C=C\C/C=C\C/C=C\C/C=C\C/C=C\C/C=C\C/C=C\C/C=C\C/C=C\CCCCCC(=O)NC(COC1OC(CO)C(OC2OC(CO)C(OC3OC(CO)C(O)C(O)C3O)C(O)C2O)C(O)C1O)C(O)/C=C/CC/C=C/CCCCCCC. The Morgan fingerprint density at radius 1 is 0.425 bits per heavy atom. The van der Waals surface area contributed by atoms with Crippen LogP contribution in [-0.4, -0.2) is 193 Å². The highest BCUT2D eigenvalue weighted by Gasteiger charge is 2.53. The Bertz CT molecular complexity index is 2100. The molecule has 0 spiro atoms. The molecule has 17 unspecified atom stereocenters. The molecular weight excluding hydrogens is 1120 g/mol. The van der Waals surface area contributed by atoms with E-state index in [9.17, 15) is 61.0 Å². The third kappa shape index (κ3) is 31.5. The van der Waals surface area contributed by atoms with Crippen LogP contribution in [-0.2, 0) is 33.2 Å². The summed E-state index contributed by atoms with van der Waals surface area (Å²) < 4.78 is 34.2. The second-order valence-electron chi connectivity index (χ2n) is 22.1. The van der Waals surface area contributed by atoms with Gasteiger partial charge in [0.05, 0.1) is 38.6 Å². The second-order valence-corrected chi connectivity index (χ2v) is 22.1. The number of aliphatic hydroxyl groups excluding tert-OH is 11. The van der Waals surface area contributed by atoms with Crippen molar-refractivity contribution in [2.75, 3.05) is 26.4 Å². The predicted octanol–water partition coefficient (Wildman–Crippen LogP) is 7.04. The molecule has 17 atom stereocenters. The zero-order chi connectivity index (χ0) is 63.3.